The van der Waals surface area contributed by atoms with Crippen molar-refractivity contribution in [2.45, 2.75) is 57.9 Å². The molecule has 0 radical (unpaired) electrons. The maximum Gasteiger partial charge on any atom is 0.0466 e. The fraction of sp³-hybridized carbons (Fsp3) is 1.00. The number of hydrogen-bond acceptors (Lipinski definition) is 2. The van der Waals surface area contributed by atoms with Crippen molar-refractivity contribution in [2.24, 2.45) is 11.7 Å². The molecule has 0 aromatic carbocycles. The quantitative estimate of drug-likeness (QED) is 0.691. The van der Waals surface area contributed by atoms with Gasteiger partial charge in [-0.25, -0.2) is 0 Å². The minimum Gasteiger partial charge on any atom is -0.382 e. The third kappa shape index (κ3) is 3.97. The molecule has 2 nitrogen and oxygen atoms in total. The van der Waals surface area contributed by atoms with Gasteiger partial charge in [0.2, 0.25) is 0 Å². The van der Waals surface area contributed by atoms with Gasteiger partial charge in [0.1, 0.15) is 0 Å². The number of ether oxygens (including phenoxy) is 1. The van der Waals surface area contributed by atoms with Gasteiger partial charge in [-0.2, -0.15) is 0 Å². The lowest BCUT2D eigenvalue weighted by Gasteiger charge is -2.36. The highest BCUT2D eigenvalue weighted by Gasteiger charge is 2.29. The van der Waals surface area contributed by atoms with Gasteiger partial charge < -0.3 is 10.5 Å². The summed E-state index contributed by atoms with van der Waals surface area (Å²) < 4.78 is 5.34. The molecule has 0 heterocycles. The Kier molecular flexibility index (Phi) is 4.90. The molecule has 0 aliphatic heterocycles. The molecule has 0 aromatic heterocycles. The van der Waals surface area contributed by atoms with Crippen molar-refractivity contribution in [3.05, 3.63) is 0 Å². The second kappa shape index (κ2) is 5.72. The molecule has 1 rings (SSSR count). The normalized spacial score (nSPS) is 33.2. The van der Waals surface area contributed by atoms with Crippen molar-refractivity contribution < 1.29 is 4.74 Å². The summed E-state index contributed by atoms with van der Waals surface area (Å²) in [7, 11) is 0. The third-order valence-corrected chi connectivity index (χ3v) is 3.44. The fourth-order valence-corrected chi connectivity index (χ4v) is 2.26. The van der Waals surface area contributed by atoms with Crippen molar-refractivity contribution in [1.29, 1.82) is 0 Å². The van der Waals surface area contributed by atoms with Crippen LogP contribution in [0.2, 0.25) is 0 Å². The Balaban J connectivity index is 2.15. The second-order valence-electron chi connectivity index (χ2n) is 4.85. The summed E-state index contributed by atoms with van der Waals surface area (Å²) >= 11 is 0. The Morgan fingerprint density at radius 1 is 1.36 bits per heavy atom. The zero-order valence-corrected chi connectivity index (χ0v) is 9.72. The highest BCUT2D eigenvalue weighted by molar-refractivity contribution is 4.88. The molecule has 0 unspecified atom stereocenters. The van der Waals surface area contributed by atoms with E-state index < -0.39 is 0 Å². The summed E-state index contributed by atoms with van der Waals surface area (Å²) in [6, 6.07) is 0. The van der Waals surface area contributed by atoms with Gasteiger partial charge in [-0.1, -0.05) is 6.92 Å². The maximum absolute atomic E-state index is 6.35. The van der Waals surface area contributed by atoms with Crippen LogP contribution in [-0.4, -0.2) is 18.8 Å². The molecule has 0 bridgehead atoms. The van der Waals surface area contributed by atoms with Crippen molar-refractivity contribution in [3.63, 3.8) is 0 Å². The molecule has 2 heteroatoms. The highest BCUT2D eigenvalue weighted by Crippen LogP contribution is 2.32. The molecule has 0 atom stereocenters. The lowest BCUT2D eigenvalue weighted by Crippen LogP contribution is -2.43. The molecule has 2 N–H and O–H groups in total. The van der Waals surface area contributed by atoms with Crippen LogP contribution >= 0.6 is 0 Å². The van der Waals surface area contributed by atoms with E-state index in [1.54, 1.807) is 0 Å². The smallest absolute Gasteiger partial charge is 0.0466 e. The summed E-state index contributed by atoms with van der Waals surface area (Å²) in [5, 5.41) is 0. The van der Waals surface area contributed by atoms with Crippen LogP contribution in [0, 0.1) is 5.92 Å². The predicted molar refractivity (Wildman–Crippen MR) is 60.3 cm³/mol. The molecule has 1 fully saturated rings. The van der Waals surface area contributed by atoms with Crippen LogP contribution in [0.1, 0.15) is 52.4 Å². The Hall–Kier alpha value is -0.0800. The van der Waals surface area contributed by atoms with Gasteiger partial charge in [-0.15, -0.1) is 0 Å². The van der Waals surface area contributed by atoms with Crippen LogP contribution in [-0.2, 0) is 4.74 Å². The first kappa shape index (κ1) is 12.0. The van der Waals surface area contributed by atoms with Crippen LogP contribution in [0.25, 0.3) is 0 Å². The fourth-order valence-electron chi connectivity index (χ4n) is 2.26. The van der Waals surface area contributed by atoms with Crippen molar-refractivity contribution in [3.8, 4) is 0 Å². The van der Waals surface area contributed by atoms with Gasteiger partial charge >= 0.3 is 0 Å². The number of hydrogen-bond donors (Lipinski definition) is 1. The van der Waals surface area contributed by atoms with Gasteiger partial charge in [0.15, 0.2) is 0 Å². The van der Waals surface area contributed by atoms with E-state index in [1.165, 1.54) is 25.7 Å². The maximum atomic E-state index is 6.35. The minimum atomic E-state index is 0.129. The van der Waals surface area contributed by atoms with Crippen molar-refractivity contribution >= 4 is 0 Å². The topological polar surface area (TPSA) is 35.2 Å². The summed E-state index contributed by atoms with van der Waals surface area (Å²) in [6.45, 7) is 6.08. The monoisotopic (exact) mass is 199 g/mol. The Morgan fingerprint density at radius 2 is 2.00 bits per heavy atom. The Labute approximate surface area is 88.2 Å². The van der Waals surface area contributed by atoms with E-state index in [0.717, 1.165) is 32.0 Å². The average Bonchev–Trinajstić information content (AvgIpc) is 2.18. The first-order valence-corrected chi connectivity index (χ1v) is 6.03. The van der Waals surface area contributed by atoms with Gasteiger partial charge in [0.05, 0.1) is 0 Å². The van der Waals surface area contributed by atoms with Crippen LogP contribution in [0.3, 0.4) is 0 Å². The molecule has 14 heavy (non-hydrogen) atoms. The Bertz CT molecular complexity index is 150. The molecule has 1 saturated carbocycles. The summed E-state index contributed by atoms with van der Waals surface area (Å²) in [6.07, 6.45) is 7.30. The van der Waals surface area contributed by atoms with E-state index >= 15 is 0 Å². The molecule has 1 aliphatic carbocycles. The molecule has 0 spiro atoms. The molecule has 0 aromatic rings. The first-order chi connectivity index (χ1) is 6.66. The SMILES string of the molecule is CCOCCCC1(N)CCC(C)CC1. The van der Waals surface area contributed by atoms with Gasteiger partial charge in [-0.05, 0) is 51.4 Å². The first-order valence-electron chi connectivity index (χ1n) is 6.03. The van der Waals surface area contributed by atoms with E-state index in [-0.39, 0.29) is 5.54 Å². The lowest BCUT2D eigenvalue weighted by molar-refractivity contribution is 0.129. The zero-order valence-electron chi connectivity index (χ0n) is 9.72. The zero-order chi connectivity index (χ0) is 10.4. The lowest BCUT2D eigenvalue weighted by atomic mass is 9.75. The van der Waals surface area contributed by atoms with E-state index in [0.29, 0.717) is 0 Å². The molecule has 0 amide bonds. The molecule has 84 valence electrons. The van der Waals surface area contributed by atoms with Crippen LogP contribution in [0.5, 0.6) is 0 Å². The number of nitrogens with two attached hydrogens (primary N) is 1. The number of rotatable bonds is 5. The molecule has 0 saturated heterocycles. The van der Waals surface area contributed by atoms with Crippen molar-refractivity contribution in [1.82, 2.24) is 0 Å². The van der Waals surface area contributed by atoms with E-state index in [9.17, 15) is 0 Å². The summed E-state index contributed by atoms with van der Waals surface area (Å²) in [4.78, 5) is 0. The summed E-state index contributed by atoms with van der Waals surface area (Å²) in [5.74, 6) is 0.888. The Morgan fingerprint density at radius 3 is 2.57 bits per heavy atom. The van der Waals surface area contributed by atoms with Crippen LogP contribution < -0.4 is 5.73 Å². The largest absolute Gasteiger partial charge is 0.382 e. The van der Waals surface area contributed by atoms with E-state index in [1.807, 2.05) is 6.92 Å². The van der Waals surface area contributed by atoms with Crippen LogP contribution in [0.4, 0.5) is 0 Å². The van der Waals surface area contributed by atoms with Gasteiger partial charge in [-0.3, -0.25) is 0 Å². The van der Waals surface area contributed by atoms with Gasteiger partial charge in [0.25, 0.3) is 0 Å². The minimum absolute atomic E-state index is 0.129. The van der Waals surface area contributed by atoms with E-state index in [4.69, 9.17) is 10.5 Å². The third-order valence-electron chi connectivity index (χ3n) is 3.44. The summed E-state index contributed by atoms with van der Waals surface area (Å²) in [5.41, 5.74) is 6.48. The van der Waals surface area contributed by atoms with Gasteiger partial charge in [0, 0.05) is 18.8 Å². The van der Waals surface area contributed by atoms with E-state index in [2.05, 4.69) is 6.92 Å². The van der Waals surface area contributed by atoms with Crippen LogP contribution in [0.15, 0.2) is 0 Å². The molecular weight excluding hydrogens is 174 g/mol. The standard InChI is InChI=1S/C12H25NO/c1-3-14-10-4-7-12(13)8-5-11(2)6-9-12/h11H,3-10,13H2,1-2H3. The second-order valence-corrected chi connectivity index (χ2v) is 4.85. The predicted octanol–water partition coefficient (Wildman–Crippen LogP) is 2.71. The van der Waals surface area contributed by atoms with Crippen molar-refractivity contribution in [2.75, 3.05) is 13.2 Å². The highest BCUT2D eigenvalue weighted by atomic mass is 16.5. The molecule has 1 aliphatic rings. The average molecular weight is 199 g/mol. The molecular formula is C12H25NO.